The van der Waals surface area contributed by atoms with Gasteiger partial charge in [0.15, 0.2) is 5.96 Å². The molecule has 0 bridgehead atoms. The van der Waals surface area contributed by atoms with E-state index in [9.17, 15) is 13.2 Å². The minimum Gasteiger partial charge on any atom is -0.434 e. The van der Waals surface area contributed by atoms with Crippen LogP contribution in [-0.2, 0) is 13.0 Å². The van der Waals surface area contributed by atoms with E-state index in [-0.39, 0.29) is 17.9 Å². The summed E-state index contributed by atoms with van der Waals surface area (Å²) in [4.78, 5) is 5.51. The Morgan fingerprint density at radius 3 is 2.76 bits per heavy atom. The monoisotopic (exact) mass is 371 g/mol. The van der Waals surface area contributed by atoms with Gasteiger partial charge in [-0.1, -0.05) is 12.1 Å². The number of hydrogen-bond acceptors (Lipinski definition) is 3. The first-order chi connectivity index (χ1) is 12.1. The number of benzene rings is 1. The lowest BCUT2D eigenvalue weighted by Gasteiger charge is -2.13. The third-order valence-electron chi connectivity index (χ3n) is 3.28. The highest BCUT2D eigenvalue weighted by molar-refractivity contribution is 7.09. The first-order valence-corrected chi connectivity index (χ1v) is 8.75. The standard InChI is InChI=1S/C17H20F3N3OS/c1-2-21-17(22-9-8-12-5-4-10-25-12)23-11-13-14(18)6-3-7-15(13)24-16(19)20/h3-7,10,16H,2,8-9,11H2,1H3,(H2,21,22,23). The van der Waals surface area contributed by atoms with Crippen LogP contribution in [0.15, 0.2) is 40.7 Å². The largest absolute Gasteiger partial charge is 0.434 e. The number of halogens is 3. The quantitative estimate of drug-likeness (QED) is 0.548. The molecule has 0 amide bonds. The molecule has 25 heavy (non-hydrogen) atoms. The number of nitrogens with zero attached hydrogens (tertiary/aromatic N) is 1. The Hall–Kier alpha value is -2.22. The molecule has 0 atom stereocenters. The van der Waals surface area contributed by atoms with Crippen molar-refractivity contribution in [3.05, 3.63) is 52.0 Å². The third-order valence-corrected chi connectivity index (χ3v) is 4.21. The van der Waals surface area contributed by atoms with Crippen molar-refractivity contribution in [3.63, 3.8) is 0 Å². The highest BCUT2D eigenvalue weighted by Gasteiger charge is 2.13. The zero-order valence-electron chi connectivity index (χ0n) is 13.8. The molecule has 8 heteroatoms. The molecule has 1 aromatic carbocycles. The second-order valence-corrected chi connectivity index (χ2v) is 6.08. The predicted molar refractivity (Wildman–Crippen MR) is 93.9 cm³/mol. The van der Waals surface area contributed by atoms with Gasteiger partial charge in [0.1, 0.15) is 11.6 Å². The molecule has 0 radical (unpaired) electrons. The second-order valence-electron chi connectivity index (χ2n) is 5.05. The number of thiophene rings is 1. The van der Waals surface area contributed by atoms with Crippen LogP contribution in [0.25, 0.3) is 0 Å². The van der Waals surface area contributed by atoms with Crippen molar-refractivity contribution in [2.75, 3.05) is 13.1 Å². The average Bonchev–Trinajstić information content (AvgIpc) is 3.07. The molecule has 136 valence electrons. The molecule has 0 aliphatic carbocycles. The van der Waals surface area contributed by atoms with Crippen LogP contribution < -0.4 is 15.4 Å². The Morgan fingerprint density at radius 2 is 2.08 bits per heavy atom. The summed E-state index contributed by atoms with van der Waals surface area (Å²) in [6.45, 7) is 0.0715. The van der Waals surface area contributed by atoms with Gasteiger partial charge in [0.2, 0.25) is 0 Å². The SMILES string of the molecule is CCNC(=NCc1c(F)cccc1OC(F)F)NCCc1cccs1. The van der Waals surface area contributed by atoms with Crippen molar-refractivity contribution in [2.24, 2.45) is 4.99 Å². The number of ether oxygens (including phenoxy) is 1. The predicted octanol–water partition coefficient (Wildman–Crippen LogP) is 3.79. The van der Waals surface area contributed by atoms with E-state index < -0.39 is 12.4 Å². The Balaban J connectivity index is 2.02. The van der Waals surface area contributed by atoms with E-state index in [0.29, 0.717) is 19.0 Å². The number of nitrogens with one attached hydrogen (secondary N) is 2. The van der Waals surface area contributed by atoms with E-state index in [2.05, 4.69) is 20.4 Å². The zero-order chi connectivity index (χ0) is 18.1. The van der Waals surface area contributed by atoms with Gasteiger partial charge in [0.25, 0.3) is 0 Å². The van der Waals surface area contributed by atoms with E-state index in [1.807, 2.05) is 24.4 Å². The van der Waals surface area contributed by atoms with Crippen LogP contribution >= 0.6 is 11.3 Å². The van der Waals surface area contributed by atoms with E-state index in [1.165, 1.54) is 23.1 Å². The van der Waals surface area contributed by atoms with Gasteiger partial charge >= 0.3 is 6.61 Å². The summed E-state index contributed by atoms with van der Waals surface area (Å²) in [6.07, 6.45) is 0.835. The van der Waals surface area contributed by atoms with E-state index in [1.54, 1.807) is 11.3 Å². The Labute approximate surface area is 148 Å². The van der Waals surface area contributed by atoms with Crippen LogP contribution in [0.5, 0.6) is 5.75 Å². The minimum absolute atomic E-state index is 0.00161. The Bertz CT molecular complexity index is 678. The second kappa shape index (κ2) is 9.93. The summed E-state index contributed by atoms with van der Waals surface area (Å²) in [6, 6.07) is 7.86. The van der Waals surface area contributed by atoms with Crippen molar-refractivity contribution in [2.45, 2.75) is 26.5 Å². The topological polar surface area (TPSA) is 45.7 Å². The van der Waals surface area contributed by atoms with Gasteiger partial charge in [-0.25, -0.2) is 9.38 Å². The number of aliphatic imine (C=N–C) groups is 1. The van der Waals surface area contributed by atoms with E-state index in [0.717, 1.165) is 6.42 Å². The molecule has 0 spiro atoms. The fraction of sp³-hybridized carbons (Fsp3) is 0.353. The molecule has 0 saturated heterocycles. The van der Waals surface area contributed by atoms with E-state index in [4.69, 9.17) is 0 Å². The van der Waals surface area contributed by atoms with Crippen molar-refractivity contribution in [1.29, 1.82) is 0 Å². The zero-order valence-corrected chi connectivity index (χ0v) is 14.6. The summed E-state index contributed by atoms with van der Waals surface area (Å²) in [5, 5.41) is 8.20. The number of hydrogen-bond donors (Lipinski definition) is 2. The van der Waals surface area contributed by atoms with Crippen LogP contribution in [-0.4, -0.2) is 25.7 Å². The van der Waals surface area contributed by atoms with Gasteiger partial charge in [0, 0.05) is 18.0 Å². The van der Waals surface area contributed by atoms with Crippen LogP contribution in [0, 0.1) is 5.82 Å². The minimum atomic E-state index is -3.01. The van der Waals surface area contributed by atoms with Crippen molar-refractivity contribution in [1.82, 2.24) is 10.6 Å². The van der Waals surface area contributed by atoms with Crippen molar-refractivity contribution in [3.8, 4) is 5.75 Å². The van der Waals surface area contributed by atoms with Gasteiger partial charge < -0.3 is 15.4 Å². The first-order valence-electron chi connectivity index (χ1n) is 7.87. The Morgan fingerprint density at radius 1 is 1.24 bits per heavy atom. The van der Waals surface area contributed by atoms with Gasteiger partial charge in [-0.2, -0.15) is 8.78 Å². The fourth-order valence-electron chi connectivity index (χ4n) is 2.16. The summed E-state index contributed by atoms with van der Waals surface area (Å²) < 4.78 is 43.2. The lowest BCUT2D eigenvalue weighted by Crippen LogP contribution is -2.38. The van der Waals surface area contributed by atoms with Crippen molar-refractivity contribution < 1.29 is 17.9 Å². The highest BCUT2D eigenvalue weighted by Crippen LogP contribution is 2.24. The van der Waals surface area contributed by atoms with Crippen LogP contribution in [0.3, 0.4) is 0 Å². The van der Waals surface area contributed by atoms with E-state index >= 15 is 0 Å². The maximum absolute atomic E-state index is 13.9. The molecule has 1 heterocycles. The summed E-state index contributed by atoms with van der Waals surface area (Å²) in [5.74, 6) is -0.338. The van der Waals surface area contributed by atoms with Crippen LogP contribution in [0.2, 0.25) is 0 Å². The maximum atomic E-state index is 13.9. The van der Waals surface area contributed by atoms with Gasteiger partial charge in [-0.3, -0.25) is 0 Å². The lowest BCUT2D eigenvalue weighted by atomic mass is 10.2. The number of guanidine groups is 1. The van der Waals surface area contributed by atoms with Gasteiger partial charge in [-0.05, 0) is 36.9 Å². The normalized spacial score (nSPS) is 11.6. The number of rotatable bonds is 8. The maximum Gasteiger partial charge on any atom is 0.387 e. The smallest absolute Gasteiger partial charge is 0.387 e. The summed E-state index contributed by atoms with van der Waals surface area (Å²) in [5.41, 5.74) is -0.00161. The molecule has 0 aliphatic rings. The summed E-state index contributed by atoms with van der Waals surface area (Å²) >= 11 is 1.67. The lowest BCUT2D eigenvalue weighted by molar-refractivity contribution is -0.0506. The third kappa shape index (κ3) is 6.30. The van der Waals surface area contributed by atoms with Crippen LogP contribution in [0.1, 0.15) is 17.4 Å². The van der Waals surface area contributed by atoms with Gasteiger partial charge in [-0.15, -0.1) is 11.3 Å². The molecule has 1 aromatic heterocycles. The van der Waals surface area contributed by atoms with Crippen LogP contribution in [0.4, 0.5) is 13.2 Å². The fourth-order valence-corrected chi connectivity index (χ4v) is 2.87. The molecule has 4 nitrogen and oxygen atoms in total. The highest BCUT2D eigenvalue weighted by atomic mass is 32.1. The number of alkyl halides is 2. The van der Waals surface area contributed by atoms with Crippen molar-refractivity contribution >= 4 is 17.3 Å². The molecule has 2 N–H and O–H groups in total. The molecule has 0 aliphatic heterocycles. The molecule has 0 unspecified atom stereocenters. The van der Waals surface area contributed by atoms with Gasteiger partial charge in [0.05, 0.1) is 12.1 Å². The molecular weight excluding hydrogens is 351 g/mol. The molecule has 0 saturated carbocycles. The molecule has 2 aromatic rings. The molecular formula is C17H20F3N3OS. The molecule has 0 fully saturated rings. The Kier molecular flexibility index (Phi) is 7.59. The first kappa shape index (κ1) is 19.1. The summed E-state index contributed by atoms with van der Waals surface area (Å²) in [7, 11) is 0. The average molecular weight is 371 g/mol. The molecule has 2 rings (SSSR count).